The molecule has 0 aliphatic carbocycles. The van der Waals surface area contributed by atoms with Crippen molar-refractivity contribution in [1.29, 1.82) is 0 Å². The van der Waals surface area contributed by atoms with Crippen molar-refractivity contribution in [2.45, 2.75) is 105 Å². The summed E-state index contributed by atoms with van der Waals surface area (Å²) in [6, 6.07) is 87.4. The molecular weight excluding hydrogens is 1100 g/mol. The van der Waals surface area contributed by atoms with E-state index in [2.05, 4.69) is 329 Å². The molecule has 0 bridgehead atoms. The average molecular weight is 1180 g/mol. The summed E-state index contributed by atoms with van der Waals surface area (Å²) in [4.78, 5) is 5.11. The van der Waals surface area contributed by atoms with Crippen LogP contribution < -0.4 is 26.2 Å². The molecule has 446 valence electrons. The summed E-state index contributed by atoms with van der Waals surface area (Å²) < 4.78 is 46.0. The Bertz CT molecular complexity index is 4860. The SMILES string of the molecule is [2H]c1c([2H])c([2H])c(-c2ccc3c(c2)B2c4ccc(-c5cc(C(C)(C)C)cc(C(C)(C)C)c5)cc4N(c4c(-c5ccccc5)cccc4-c4ccccc4)c4cc(-c5ccc(C(C)(C)C)cc5C(C)(C)C)cc(c42)N3c2c(-c3ccccc3)cccc2-c2ccccc2)c([2H])c1[2H]. The molecule has 0 aromatic heterocycles. The molecule has 2 nitrogen and oxygen atoms in total. The van der Waals surface area contributed by atoms with Gasteiger partial charge < -0.3 is 9.80 Å². The standard InChI is InChI=1S/C88H81BN2/c1-85(2,3)67-46-47-70(75(57-67)88(10,11)12)66-54-80-82-81(55-66)91(84-73(61-36-24-16-25-37-61)42-29-43-74(84)62-38-26-17-27-39-62)79-53-64(65-50-68(86(4,5)6)56-69(51-65)87(7,8)9)44-48-76(79)89(82)77-52-63(58-30-18-13-19-31-58)45-49-78(77)90(80)83-71(59-32-20-14-21-33-59)40-28-41-72(83)60-34-22-15-23-35-60/h13-57H,1-12H3/i13D,18D,19D,30D,31D. The van der Waals surface area contributed by atoms with E-state index in [9.17, 15) is 2.74 Å². The Labute approximate surface area is 548 Å². The van der Waals surface area contributed by atoms with E-state index in [0.717, 1.165) is 117 Å². The zero-order chi connectivity index (χ0) is 67.5. The molecule has 2 heterocycles. The Morgan fingerprint density at radius 1 is 0.275 bits per heavy atom. The van der Waals surface area contributed by atoms with Gasteiger partial charge in [0.25, 0.3) is 6.71 Å². The van der Waals surface area contributed by atoms with Gasteiger partial charge in [0.2, 0.25) is 0 Å². The predicted octanol–water partition coefficient (Wildman–Crippen LogP) is 22.6. The molecule has 14 rings (SSSR count). The van der Waals surface area contributed by atoms with E-state index in [1.165, 1.54) is 22.3 Å². The van der Waals surface area contributed by atoms with E-state index in [4.69, 9.17) is 4.11 Å². The minimum absolute atomic E-state index is 0.121. The van der Waals surface area contributed by atoms with Crippen molar-refractivity contribution in [1.82, 2.24) is 0 Å². The fourth-order valence-electron chi connectivity index (χ4n) is 13.9. The second kappa shape index (κ2) is 22.7. The summed E-state index contributed by atoms with van der Waals surface area (Å²) >= 11 is 0. The Hall–Kier alpha value is -9.70. The molecule has 0 atom stereocenters. The van der Waals surface area contributed by atoms with Crippen LogP contribution in [0.15, 0.2) is 273 Å². The van der Waals surface area contributed by atoms with Crippen LogP contribution in [-0.2, 0) is 21.7 Å². The average Bonchev–Trinajstić information content (AvgIpc) is 0.687. The lowest BCUT2D eigenvalue weighted by Gasteiger charge is -2.46. The van der Waals surface area contributed by atoms with Gasteiger partial charge in [-0.25, -0.2) is 0 Å². The third-order valence-electron chi connectivity index (χ3n) is 18.7. The van der Waals surface area contributed by atoms with Gasteiger partial charge >= 0.3 is 0 Å². The first-order chi connectivity index (χ1) is 45.8. The fourth-order valence-corrected chi connectivity index (χ4v) is 13.9. The third-order valence-corrected chi connectivity index (χ3v) is 18.7. The van der Waals surface area contributed by atoms with Crippen LogP contribution in [0.4, 0.5) is 34.1 Å². The molecular formula is C88H81BN2. The molecule has 2 aliphatic heterocycles. The normalized spacial score (nSPS) is 13.8. The highest BCUT2D eigenvalue weighted by Crippen LogP contribution is 2.55. The van der Waals surface area contributed by atoms with E-state index >= 15 is 0 Å². The Kier molecular flexibility index (Phi) is 13.2. The highest BCUT2D eigenvalue weighted by molar-refractivity contribution is 7.00. The van der Waals surface area contributed by atoms with Gasteiger partial charge in [0.1, 0.15) is 0 Å². The lowest BCUT2D eigenvalue weighted by atomic mass is 9.33. The van der Waals surface area contributed by atoms with Crippen LogP contribution in [0.3, 0.4) is 0 Å². The Morgan fingerprint density at radius 2 is 0.703 bits per heavy atom. The van der Waals surface area contributed by atoms with Crippen molar-refractivity contribution >= 4 is 57.2 Å². The van der Waals surface area contributed by atoms with Crippen LogP contribution in [-0.4, -0.2) is 6.71 Å². The van der Waals surface area contributed by atoms with Crippen molar-refractivity contribution in [3.8, 4) is 77.9 Å². The van der Waals surface area contributed by atoms with Crippen LogP contribution in [0, 0.1) is 0 Å². The van der Waals surface area contributed by atoms with E-state index in [1.807, 2.05) is 6.07 Å². The number of fused-ring (bicyclic) bond motifs is 4. The van der Waals surface area contributed by atoms with Gasteiger partial charge in [-0.3, -0.25) is 0 Å². The number of anilines is 6. The molecule has 0 N–H and O–H groups in total. The van der Waals surface area contributed by atoms with E-state index in [-0.39, 0.29) is 51.4 Å². The van der Waals surface area contributed by atoms with Crippen molar-refractivity contribution in [3.63, 3.8) is 0 Å². The summed E-state index contributed by atoms with van der Waals surface area (Å²) in [5.41, 5.74) is 26.9. The zero-order valence-corrected chi connectivity index (χ0v) is 54.6. The minimum atomic E-state index is -0.468. The fraction of sp³-hybridized carbons (Fsp3) is 0.182. The molecule has 0 saturated heterocycles. The van der Waals surface area contributed by atoms with Gasteiger partial charge in [0.15, 0.2) is 0 Å². The zero-order valence-electron chi connectivity index (χ0n) is 59.6. The van der Waals surface area contributed by atoms with Gasteiger partial charge in [-0.15, -0.1) is 0 Å². The topological polar surface area (TPSA) is 6.48 Å². The maximum atomic E-state index is 9.55. The summed E-state index contributed by atoms with van der Waals surface area (Å²) in [7, 11) is 0. The summed E-state index contributed by atoms with van der Waals surface area (Å²) in [5, 5.41) is 0. The Morgan fingerprint density at radius 3 is 1.15 bits per heavy atom. The molecule has 91 heavy (non-hydrogen) atoms. The second-order valence-corrected chi connectivity index (χ2v) is 29.0. The molecule has 0 radical (unpaired) electrons. The maximum absolute atomic E-state index is 9.55. The quantitative estimate of drug-likeness (QED) is 0.133. The lowest BCUT2D eigenvalue weighted by molar-refractivity contribution is 0.568. The predicted molar refractivity (Wildman–Crippen MR) is 393 cm³/mol. The largest absolute Gasteiger partial charge is 0.310 e. The molecule has 12 aromatic rings. The number of para-hydroxylation sites is 2. The van der Waals surface area contributed by atoms with Gasteiger partial charge in [0, 0.05) is 45.0 Å². The number of rotatable bonds is 9. The number of benzene rings is 12. The van der Waals surface area contributed by atoms with Crippen molar-refractivity contribution in [3.05, 3.63) is 295 Å². The van der Waals surface area contributed by atoms with Crippen LogP contribution in [0.5, 0.6) is 0 Å². The molecule has 0 fully saturated rings. The lowest BCUT2D eigenvalue weighted by Crippen LogP contribution is -2.61. The third kappa shape index (κ3) is 10.8. The molecule has 2 aliphatic rings. The highest BCUT2D eigenvalue weighted by Gasteiger charge is 2.46. The molecule has 3 heteroatoms. The second-order valence-electron chi connectivity index (χ2n) is 29.0. The molecule has 0 spiro atoms. The van der Waals surface area contributed by atoms with E-state index in [1.54, 1.807) is 0 Å². The van der Waals surface area contributed by atoms with Crippen LogP contribution in [0.2, 0.25) is 0 Å². The van der Waals surface area contributed by atoms with Crippen molar-refractivity contribution in [2.75, 3.05) is 9.80 Å². The monoisotopic (exact) mass is 1180 g/mol. The first kappa shape index (κ1) is 53.2. The number of nitrogens with zero attached hydrogens (tertiary/aromatic N) is 2. The maximum Gasteiger partial charge on any atom is 0.252 e. The van der Waals surface area contributed by atoms with Gasteiger partial charge in [-0.2, -0.15) is 0 Å². The van der Waals surface area contributed by atoms with Crippen LogP contribution >= 0.6 is 0 Å². The number of hydrogen-bond donors (Lipinski definition) is 0. The minimum Gasteiger partial charge on any atom is -0.310 e. The number of hydrogen-bond acceptors (Lipinski definition) is 2. The van der Waals surface area contributed by atoms with Crippen LogP contribution in [0.1, 0.15) is 112 Å². The molecule has 12 aromatic carbocycles. The smallest absolute Gasteiger partial charge is 0.252 e. The van der Waals surface area contributed by atoms with Crippen LogP contribution in [0.25, 0.3) is 77.9 Å². The van der Waals surface area contributed by atoms with E-state index in [0.29, 0.717) is 5.56 Å². The van der Waals surface area contributed by atoms with Gasteiger partial charge in [-0.05, 0) is 140 Å². The van der Waals surface area contributed by atoms with Crippen molar-refractivity contribution in [2.24, 2.45) is 0 Å². The summed E-state index contributed by atoms with van der Waals surface area (Å²) in [6.45, 7) is 27.2. The van der Waals surface area contributed by atoms with E-state index < -0.39 is 12.8 Å². The van der Waals surface area contributed by atoms with Gasteiger partial charge in [-0.1, -0.05) is 332 Å². The molecule has 0 unspecified atom stereocenters. The molecule has 0 amide bonds. The first-order valence-corrected chi connectivity index (χ1v) is 32.2. The Balaban J connectivity index is 1.22. The molecule has 0 saturated carbocycles. The first-order valence-electron chi connectivity index (χ1n) is 34.7. The summed E-state index contributed by atoms with van der Waals surface area (Å²) in [5.74, 6) is 0. The van der Waals surface area contributed by atoms with Crippen molar-refractivity contribution < 1.29 is 6.85 Å². The highest BCUT2D eigenvalue weighted by atomic mass is 15.2. The van der Waals surface area contributed by atoms with Gasteiger partial charge in [0.05, 0.1) is 18.2 Å². The summed E-state index contributed by atoms with van der Waals surface area (Å²) in [6.07, 6.45) is 0.